The molecule has 7 heteroatoms. The Balaban J connectivity index is 1.25. The smallest absolute Gasteiger partial charge is 0.265 e. The van der Waals surface area contributed by atoms with Crippen molar-refractivity contribution in [1.29, 1.82) is 0 Å². The first-order chi connectivity index (χ1) is 15.3. The molecule has 0 aliphatic heterocycles. The van der Waals surface area contributed by atoms with Gasteiger partial charge < -0.3 is 9.30 Å². The maximum Gasteiger partial charge on any atom is 0.265 e. The Labute approximate surface area is 179 Å². The van der Waals surface area contributed by atoms with Gasteiger partial charge in [0.1, 0.15) is 17.9 Å². The second kappa shape index (κ2) is 8.23. The Bertz CT molecular complexity index is 1360. The molecule has 2 heterocycles. The van der Waals surface area contributed by atoms with Gasteiger partial charge in [-0.2, -0.15) is 10.1 Å². The van der Waals surface area contributed by atoms with Gasteiger partial charge in [0, 0.05) is 12.4 Å². The lowest BCUT2D eigenvalue weighted by Gasteiger charge is -2.06. The van der Waals surface area contributed by atoms with E-state index in [1.54, 1.807) is 6.21 Å². The molecule has 152 valence electrons. The molecule has 31 heavy (non-hydrogen) atoms. The number of nitrogens with one attached hydrogen (secondary N) is 1. The quantitative estimate of drug-likeness (QED) is 0.330. The minimum Gasteiger partial charge on any atom is -0.489 e. The molecule has 0 radical (unpaired) electrons. The summed E-state index contributed by atoms with van der Waals surface area (Å²) in [4.78, 5) is 4.55. The molecule has 0 spiro atoms. The molecule has 0 unspecified atom stereocenters. The maximum absolute atomic E-state index is 5.81. The molecule has 0 bridgehead atoms. The van der Waals surface area contributed by atoms with E-state index in [1.807, 2.05) is 90.5 Å². The van der Waals surface area contributed by atoms with Gasteiger partial charge in [0.25, 0.3) is 5.95 Å². The number of anilines is 1. The first kappa shape index (κ1) is 18.7. The van der Waals surface area contributed by atoms with Crippen molar-refractivity contribution in [1.82, 2.24) is 19.7 Å². The highest BCUT2D eigenvalue weighted by Crippen LogP contribution is 2.24. The fourth-order valence-electron chi connectivity index (χ4n) is 3.41. The number of ether oxygens (including phenoxy) is 1. The van der Waals surface area contributed by atoms with Gasteiger partial charge in [-0.05, 0) is 41.5 Å². The predicted octanol–water partition coefficient (Wildman–Crippen LogP) is 4.54. The fourth-order valence-corrected chi connectivity index (χ4v) is 3.41. The molecule has 0 atom stereocenters. The summed E-state index contributed by atoms with van der Waals surface area (Å²) in [6.07, 6.45) is 1.70. The molecule has 0 saturated carbocycles. The monoisotopic (exact) mass is 408 g/mol. The number of benzene rings is 3. The Morgan fingerprint density at radius 1 is 0.935 bits per heavy atom. The largest absolute Gasteiger partial charge is 0.489 e. The summed E-state index contributed by atoms with van der Waals surface area (Å²) in [7, 11) is 1.97. The molecular weight excluding hydrogens is 388 g/mol. The van der Waals surface area contributed by atoms with E-state index in [9.17, 15) is 0 Å². The van der Waals surface area contributed by atoms with E-state index >= 15 is 0 Å². The third-order valence-corrected chi connectivity index (χ3v) is 5.01. The lowest BCUT2D eigenvalue weighted by atomic mass is 10.2. The molecule has 0 aliphatic rings. The summed E-state index contributed by atoms with van der Waals surface area (Å²) in [5.74, 6) is 1.15. The summed E-state index contributed by atoms with van der Waals surface area (Å²) in [6, 6.07) is 25.8. The number of nitrogens with zero attached hydrogens (tertiary/aromatic N) is 5. The van der Waals surface area contributed by atoms with E-state index in [0.717, 1.165) is 38.9 Å². The molecular formula is C24H20N6O. The van der Waals surface area contributed by atoms with Crippen LogP contribution in [0.4, 0.5) is 5.95 Å². The van der Waals surface area contributed by atoms with Crippen molar-refractivity contribution in [2.24, 2.45) is 12.1 Å². The van der Waals surface area contributed by atoms with Crippen molar-refractivity contribution >= 4 is 34.2 Å². The number of hydrogen-bond acceptors (Lipinski definition) is 6. The van der Waals surface area contributed by atoms with Crippen LogP contribution in [-0.2, 0) is 13.7 Å². The Morgan fingerprint density at radius 2 is 1.71 bits per heavy atom. The van der Waals surface area contributed by atoms with Crippen molar-refractivity contribution in [2.45, 2.75) is 6.61 Å². The van der Waals surface area contributed by atoms with Gasteiger partial charge in [0.05, 0.1) is 11.7 Å². The number of hydrogen-bond donors (Lipinski definition) is 1. The van der Waals surface area contributed by atoms with Crippen LogP contribution >= 0.6 is 0 Å². The molecule has 3 aromatic carbocycles. The zero-order valence-electron chi connectivity index (χ0n) is 16.9. The third kappa shape index (κ3) is 3.93. The van der Waals surface area contributed by atoms with Gasteiger partial charge in [0.2, 0.25) is 0 Å². The SMILES string of the molecule is Cn1c2ccccc2c2nnc(NN=Cc3ccc(OCc4ccccc4)cc3)nc21. The maximum atomic E-state index is 5.81. The summed E-state index contributed by atoms with van der Waals surface area (Å²) >= 11 is 0. The highest BCUT2D eigenvalue weighted by molar-refractivity contribution is 6.04. The third-order valence-electron chi connectivity index (χ3n) is 5.01. The van der Waals surface area contributed by atoms with Crippen LogP contribution in [0.3, 0.4) is 0 Å². The van der Waals surface area contributed by atoms with E-state index < -0.39 is 0 Å². The first-order valence-electron chi connectivity index (χ1n) is 9.92. The molecule has 2 aromatic heterocycles. The molecule has 5 rings (SSSR count). The van der Waals surface area contributed by atoms with Crippen molar-refractivity contribution in [3.05, 3.63) is 90.0 Å². The summed E-state index contributed by atoms with van der Waals surface area (Å²) in [5, 5.41) is 13.7. The summed E-state index contributed by atoms with van der Waals surface area (Å²) in [6.45, 7) is 0.539. The standard InChI is InChI=1S/C24H20N6O/c1-30-21-10-6-5-9-20(21)22-23(30)26-24(29-27-22)28-25-15-17-11-13-19(14-12-17)31-16-18-7-3-2-4-8-18/h2-15H,16H2,1H3,(H,26,28,29). The molecule has 5 aromatic rings. The number of rotatable bonds is 6. The Hall–Kier alpha value is -4.26. The molecule has 0 amide bonds. The van der Waals surface area contributed by atoms with Crippen molar-refractivity contribution < 1.29 is 4.74 Å². The second-order valence-electron chi connectivity index (χ2n) is 7.10. The Morgan fingerprint density at radius 3 is 2.55 bits per heavy atom. The van der Waals surface area contributed by atoms with Gasteiger partial charge in [0.15, 0.2) is 5.65 Å². The van der Waals surface area contributed by atoms with Crippen LogP contribution in [-0.4, -0.2) is 26.0 Å². The topological polar surface area (TPSA) is 77.2 Å². The van der Waals surface area contributed by atoms with Crippen LogP contribution in [0.25, 0.3) is 22.1 Å². The van der Waals surface area contributed by atoms with Gasteiger partial charge in [-0.25, -0.2) is 5.43 Å². The lowest BCUT2D eigenvalue weighted by Crippen LogP contribution is -2.00. The van der Waals surface area contributed by atoms with Crippen LogP contribution in [0, 0.1) is 0 Å². The minimum absolute atomic E-state index is 0.345. The molecule has 7 nitrogen and oxygen atoms in total. The highest BCUT2D eigenvalue weighted by atomic mass is 16.5. The van der Waals surface area contributed by atoms with Crippen molar-refractivity contribution in [3.8, 4) is 5.75 Å². The summed E-state index contributed by atoms with van der Waals surface area (Å²) in [5.41, 5.74) is 7.52. The second-order valence-corrected chi connectivity index (χ2v) is 7.10. The van der Waals surface area contributed by atoms with E-state index in [1.165, 1.54) is 0 Å². The lowest BCUT2D eigenvalue weighted by molar-refractivity contribution is 0.306. The molecule has 0 fully saturated rings. The number of fused-ring (bicyclic) bond motifs is 3. The zero-order valence-corrected chi connectivity index (χ0v) is 16.9. The van der Waals surface area contributed by atoms with Crippen LogP contribution in [0.1, 0.15) is 11.1 Å². The van der Waals surface area contributed by atoms with E-state index in [2.05, 4.69) is 25.7 Å². The highest BCUT2D eigenvalue weighted by Gasteiger charge is 2.11. The molecule has 0 aliphatic carbocycles. The van der Waals surface area contributed by atoms with E-state index in [0.29, 0.717) is 12.6 Å². The van der Waals surface area contributed by atoms with Crippen molar-refractivity contribution in [2.75, 3.05) is 5.43 Å². The van der Waals surface area contributed by atoms with Crippen LogP contribution < -0.4 is 10.2 Å². The minimum atomic E-state index is 0.345. The van der Waals surface area contributed by atoms with Gasteiger partial charge in [-0.3, -0.25) is 0 Å². The van der Waals surface area contributed by atoms with Gasteiger partial charge >= 0.3 is 0 Å². The van der Waals surface area contributed by atoms with E-state index in [-0.39, 0.29) is 0 Å². The average molecular weight is 408 g/mol. The molecule has 0 saturated heterocycles. The van der Waals surface area contributed by atoms with Crippen molar-refractivity contribution in [3.63, 3.8) is 0 Å². The number of para-hydroxylation sites is 1. The fraction of sp³-hybridized carbons (Fsp3) is 0.0833. The van der Waals surface area contributed by atoms with E-state index in [4.69, 9.17) is 4.74 Å². The van der Waals surface area contributed by atoms with Gasteiger partial charge in [-0.15, -0.1) is 10.2 Å². The first-order valence-corrected chi connectivity index (χ1v) is 9.92. The average Bonchev–Trinajstić information content (AvgIpc) is 3.11. The number of aryl methyl sites for hydroxylation is 1. The number of hydrazone groups is 1. The number of aromatic nitrogens is 4. The zero-order chi connectivity index (χ0) is 21.0. The van der Waals surface area contributed by atoms with Crippen LogP contribution in [0.2, 0.25) is 0 Å². The molecule has 1 N–H and O–H groups in total. The predicted molar refractivity (Wildman–Crippen MR) is 122 cm³/mol. The summed E-state index contributed by atoms with van der Waals surface area (Å²) < 4.78 is 7.81. The normalized spacial score (nSPS) is 11.4. The Kier molecular flexibility index (Phi) is 4.98. The van der Waals surface area contributed by atoms with Crippen LogP contribution in [0.15, 0.2) is 84.0 Å². The van der Waals surface area contributed by atoms with Gasteiger partial charge in [-0.1, -0.05) is 48.5 Å². The van der Waals surface area contributed by atoms with Crippen LogP contribution in [0.5, 0.6) is 5.75 Å².